The topological polar surface area (TPSA) is 416 Å². The smallest absolute Gasteiger partial charge is 0.456 e. The van der Waals surface area contributed by atoms with E-state index in [4.69, 9.17) is 56.8 Å². The number of non-ortho nitro benzene ring substituents is 1. The van der Waals surface area contributed by atoms with Gasteiger partial charge in [0.1, 0.15) is 61.0 Å². The molecule has 15 rings (SSSR count). The molecule has 5 aromatic rings. The summed E-state index contributed by atoms with van der Waals surface area (Å²) in [6.45, 7) is 28.8. The number of nitrogens with one attached hydrogen (secondary N) is 2. The molecule has 2 amide bonds. The van der Waals surface area contributed by atoms with E-state index in [2.05, 4.69) is 38.3 Å². The molecule has 0 radical (unpaired) electrons. The van der Waals surface area contributed by atoms with Crippen molar-refractivity contribution in [2.45, 2.75) is 342 Å². The number of fused-ring (bicyclic) bond motifs is 10. The third-order valence-electron chi connectivity index (χ3n) is 33.3. The lowest BCUT2D eigenvalue weighted by molar-refractivity contribution is -0.384. The van der Waals surface area contributed by atoms with Crippen LogP contribution in [0.4, 0.5) is 15.3 Å². The van der Waals surface area contributed by atoms with E-state index < -0.39 is 176 Å². The van der Waals surface area contributed by atoms with Crippen LogP contribution in [0.2, 0.25) is 0 Å². The molecule has 6 aliphatic carbocycles. The Morgan fingerprint density at radius 2 is 0.860 bits per heavy atom. The van der Waals surface area contributed by atoms with E-state index in [1.54, 1.807) is 121 Å². The molecular formula is C113H153N3O27. The van der Waals surface area contributed by atoms with Gasteiger partial charge >= 0.3 is 24.2 Å². The summed E-state index contributed by atoms with van der Waals surface area (Å²) >= 11 is 0. The molecule has 5 aromatic carbocycles. The number of nitrogens with zero attached hydrogens (tertiary/aromatic N) is 1. The highest BCUT2D eigenvalue weighted by atomic mass is 16.8. The number of hydrogen-bond acceptors (Lipinski definition) is 27. The summed E-state index contributed by atoms with van der Waals surface area (Å²) in [4.78, 5) is 120. The summed E-state index contributed by atoms with van der Waals surface area (Å²) in [5.41, 5.74) is -1.49. The first-order valence-electron chi connectivity index (χ1n) is 52.1. The van der Waals surface area contributed by atoms with Crippen molar-refractivity contribution in [1.82, 2.24) is 10.6 Å². The standard InChI is InChI=1S/C58H83NO12.C38H47NO8.C17H23NO7/c1-8-9-10-11-12-13-14-15-16-17-18-19-26-31-46-66-34-42(69-46)35-67-55(64)71-52(50(40-27-22-20-23-28-40)59-53(62)41-29-24-21-25-30-41)54(63)70-44-33-58(65)39(4)49-47(43(60)32-45-57(49,7)36-68-45)51(61)38(3)48(37(44)2)56(58,5)6;1-20-26(47-35(44)33(42)31(23-13-9-7-10-14-23)39-34(43)24-15-11-8-12-16-24)18-38(45)22(3)30-28(25(40)17-27-37(30,6)19-46-27)32(41)21(2)29(20)36(38,4)5;1-2-3-4-5-6-16-22-11-15(24-16)12-23-17(19)25-14-9-7-13(8-10-14)18(20)21/h20-25,27-30,38-39,42-47,49-50,52,60,65H,8-19,26,31-36H2,1-7H3,(H,59,62);7-16,21-22,25-28,30-31,33,40,42,45H,17-19H2,1-6H3,(H,39,43);7-10,15-16H,2-6,11-12H2,1H3/t38-,39+,42?,43+,44+,45-,46?,47-,49+,50+,52-,57-,58-;21-,22+,25+,26+,27-,28-,30+,31+,33-,37-,38-;/m11./s1. The van der Waals surface area contributed by atoms with Gasteiger partial charge in [-0.05, 0) is 133 Å². The van der Waals surface area contributed by atoms with E-state index in [0.717, 1.165) is 38.5 Å². The summed E-state index contributed by atoms with van der Waals surface area (Å²) in [5, 5.41) is 76.8. The molecule has 26 atom stereocenters. The van der Waals surface area contributed by atoms with Gasteiger partial charge in [-0.1, -0.05) is 276 Å². The highest BCUT2D eigenvalue weighted by molar-refractivity contribution is 5.96. The second-order valence-corrected chi connectivity index (χ2v) is 43.0. The molecule has 4 saturated heterocycles. The number of benzene rings is 5. The van der Waals surface area contributed by atoms with Crippen molar-refractivity contribution in [3.8, 4) is 5.75 Å². The molecule has 4 heterocycles. The lowest BCUT2D eigenvalue weighted by atomic mass is 9.44. The van der Waals surface area contributed by atoms with Gasteiger partial charge in [-0.3, -0.25) is 29.3 Å². The van der Waals surface area contributed by atoms with Crippen LogP contribution >= 0.6 is 0 Å². The molecule has 0 spiro atoms. The Morgan fingerprint density at radius 1 is 0.490 bits per heavy atom. The molecule has 10 aliphatic rings. The van der Waals surface area contributed by atoms with E-state index in [-0.39, 0.29) is 86.2 Å². The zero-order valence-corrected chi connectivity index (χ0v) is 85.7. The van der Waals surface area contributed by atoms with Crippen LogP contribution in [0.1, 0.15) is 289 Å². The van der Waals surface area contributed by atoms with Gasteiger partial charge in [0.05, 0.1) is 73.0 Å². The van der Waals surface area contributed by atoms with Crippen LogP contribution in [0, 0.1) is 79.1 Å². The number of amides is 2. The van der Waals surface area contributed by atoms with Gasteiger partial charge in [-0.15, -0.1) is 0 Å². The van der Waals surface area contributed by atoms with Crippen LogP contribution in [-0.2, 0) is 71.3 Å². The number of Topliss-reactive ketones (excluding diaryl/α,β-unsaturated/α-hetero) is 2. The molecule has 0 aromatic heterocycles. The first kappa shape index (κ1) is 111. The molecule has 782 valence electrons. The van der Waals surface area contributed by atoms with Gasteiger partial charge in [0.15, 0.2) is 18.7 Å². The number of ether oxygens (including phenoxy) is 12. The average Bonchev–Trinajstić information content (AvgIpc) is 0.802. The third-order valence-corrected chi connectivity index (χ3v) is 33.3. The number of unbranched alkanes of at least 4 members (excludes halogenated alkanes) is 15. The van der Waals surface area contributed by atoms with Crippen molar-refractivity contribution in [2.75, 3.05) is 39.6 Å². The number of aliphatic hydroxyl groups is 5. The number of carbonyl (C=O) groups is 8. The van der Waals surface area contributed by atoms with Crippen LogP contribution < -0.4 is 15.4 Å². The quantitative estimate of drug-likeness (QED) is 0.00367. The average molecular weight is 1990 g/mol. The highest BCUT2D eigenvalue weighted by Gasteiger charge is 2.71. The number of nitro groups is 1. The van der Waals surface area contributed by atoms with Gasteiger partial charge in [-0.25, -0.2) is 19.2 Å². The molecule has 4 saturated carbocycles. The fourth-order valence-electron chi connectivity index (χ4n) is 25.1. The van der Waals surface area contributed by atoms with E-state index in [1.165, 1.54) is 108 Å². The number of ketones is 2. The first-order valence-corrected chi connectivity index (χ1v) is 52.1. The fraction of sp³-hybridized carbons (Fsp3) is 0.628. The first-order chi connectivity index (χ1) is 68.2. The maximum absolute atomic E-state index is 15.0. The summed E-state index contributed by atoms with van der Waals surface area (Å²) in [6.07, 6.45) is 12.0. The van der Waals surface area contributed by atoms with E-state index in [0.29, 0.717) is 77.2 Å². The van der Waals surface area contributed by atoms with Crippen LogP contribution in [-0.4, -0.2) is 203 Å². The van der Waals surface area contributed by atoms with Crippen molar-refractivity contribution >= 4 is 53.3 Å². The molecule has 7 N–H and O–H groups in total. The minimum Gasteiger partial charge on any atom is -0.456 e. The Bertz CT molecular complexity index is 5190. The van der Waals surface area contributed by atoms with Crippen molar-refractivity contribution < 1.29 is 126 Å². The largest absolute Gasteiger partial charge is 0.513 e. The number of aliphatic hydroxyl groups excluding tert-OH is 3. The summed E-state index contributed by atoms with van der Waals surface area (Å²) in [5.74, 6) is -7.49. The fourth-order valence-corrected chi connectivity index (χ4v) is 25.1. The summed E-state index contributed by atoms with van der Waals surface area (Å²) < 4.78 is 69.0. The lowest BCUT2D eigenvalue weighted by Crippen LogP contribution is -2.71. The van der Waals surface area contributed by atoms with Gasteiger partial charge in [0.2, 0.25) is 6.10 Å². The molecule has 4 unspecified atom stereocenters. The van der Waals surface area contributed by atoms with Crippen LogP contribution in [0.15, 0.2) is 168 Å². The minimum absolute atomic E-state index is 0.0346. The lowest BCUT2D eigenvalue weighted by Gasteiger charge is -2.66. The normalized spacial score (nSPS) is 31.4. The SMILES string of the molecule is CC1=C2[C@@H](C)C(=O)[C@H]3[C@H]([C@H](C)[C@](O)(C[C@@H]1OC(=O)[C@H](O)[C@@H](NC(=O)c1ccccc1)c1ccccc1)C2(C)C)[C@]1(C)CO[C@@H]1C[C@@H]3O.CCCCCCC1OCC(COC(=O)Oc2ccc([N+](=O)[O-])cc2)O1.CCCCCCCCCCCCCCCC1OCC(COC(=O)O[C@@H](C(=O)O[C@H]2C[C@@]3(O)[C@@H](C)[C@H]4[C@H](C(=O)[C@H](C)C(=C2C)C3(C)C)[C@@H](O)C[C@H]2OC[C@@]42C)[C@@H](NC(=O)c2ccccc2)c2ccccc2)O1. The zero-order valence-electron chi connectivity index (χ0n) is 85.7. The predicted molar refractivity (Wildman–Crippen MR) is 531 cm³/mol. The molecular weight excluding hydrogens is 1830 g/mol. The Labute approximate surface area is 841 Å². The van der Waals surface area contributed by atoms with Gasteiger partial charge in [0.25, 0.3) is 17.5 Å². The molecule has 30 heteroatoms. The molecule has 30 nitrogen and oxygen atoms in total. The molecule has 143 heavy (non-hydrogen) atoms. The summed E-state index contributed by atoms with van der Waals surface area (Å²) in [6, 6.07) is 37.3. The van der Waals surface area contributed by atoms with E-state index in [9.17, 15) is 69.2 Å². The Balaban J connectivity index is 0.000000203. The van der Waals surface area contributed by atoms with E-state index >= 15 is 4.79 Å². The molecule has 4 bridgehead atoms. The minimum atomic E-state index is -1.77. The second kappa shape index (κ2) is 48.8. The predicted octanol–water partition coefficient (Wildman–Crippen LogP) is 18.5. The maximum atomic E-state index is 15.0. The highest BCUT2D eigenvalue weighted by Crippen LogP contribution is 2.67. The Hall–Kier alpha value is -9.70. The van der Waals surface area contributed by atoms with Crippen molar-refractivity contribution in [2.24, 2.45) is 69.0 Å². The molecule has 8 fully saturated rings. The zero-order chi connectivity index (χ0) is 103. The Morgan fingerprint density at radius 3 is 1.26 bits per heavy atom. The van der Waals surface area contributed by atoms with Crippen molar-refractivity contribution in [3.05, 3.63) is 200 Å². The monoisotopic (exact) mass is 1980 g/mol. The van der Waals surface area contributed by atoms with Crippen LogP contribution in [0.3, 0.4) is 0 Å². The van der Waals surface area contributed by atoms with Gasteiger partial charge < -0.3 is 93.0 Å². The number of carbonyl (C=O) groups excluding carboxylic acids is 8. The number of nitro benzene ring substituents is 1. The van der Waals surface area contributed by atoms with Gasteiger partial charge in [0, 0.05) is 94.3 Å². The van der Waals surface area contributed by atoms with Crippen LogP contribution in [0.5, 0.6) is 5.75 Å². The summed E-state index contributed by atoms with van der Waals surface area (Å²) in [7, 11) is 0. The number of esters is 2. The van der Waals surface area contributed by atoms with Crippen molar-refractivity contribution in [1.29, 1.82) is 0 Å². The Kier molecular flexibility index (Phi) is 37.7. The van der Waals surface area contributed by atoms with E-state index in [1.807, 2.05) is 69.2 Å². The molecule has 4 aliphatic heterocycles. The number of hydrogen-bond donors (Lipinski definition) is 7. The third kappa shape index (κ3) is 24.7. The van der Waals surface area contributed by atoms with Gasteiger partial charge in [-0.2, -0.15) is 0 Å². The van der Waals surface area contributed by atoms with Crippen LogP contribution in [0.25, 0.3) is 0 Å². The number of rotatable bonds is 38. The van der Waals surface area contributed by atoms with Crippen molar-refractivity contribution in [3.63, 3.8) is 0 Å². The second-order valence-electron chi connectivity index (χ2n) is 43.0. The maximum Gasteiger partial charge on any atom is 0.513 e.